The summed E-state index contributed by atoms with van der Waals surface area (Å²) in [6.07, 6.45) is 4.07. The molecule has 3 rings (SSSR count). The number of aryl methyl sites for hydroxylation is 1. The van der Waals surface area contributed by atoms with E-state index in [9.17, 15) is 5.11 Å². The summed E-state index contributed by atoms with van der Waals surface area (Å²) in [5, 5.41) is 13.7. The van der Waals surface area contributed by atoms with Gasteiger partial charge in [0.25, 0.3) is 0 Å². The van der Waals surface area contributed by atoms with Crippen molar-refractivity contribution in [3.63, 3.8) is 0 Å². The van der Waals surface area contributed by atoms with Crippen molar-refractivity contribution in [1.29, 1.82) is 0 Å². The minimum Gasteiger partial charge on any atom is -0.394 e. The SMILES string of the molecule is Cc1nc(N2CCC[C@H]2CO)c2cccn2n1. The van der Waals surface area contributed by atoms with Crippen LogP contribution in [0.15, 0.2) is 18.3 Å². The Bertz CT molecular complexity index is 536. The maximum absolute atomic E-state index is 9.40. The van der Waals surface area contributed by atoms with Crippen LogP contribution in [0.25, 0.3) is 5.52 Å². The summed E-state index contributed by atoms with van der Waals surface area (Å²) in [7, 11) is 0. The molecule has 5 heteroatoms. The van der Waals surface area contributed by atoms with Gasteiger partial charge in [-0.3, -0.25) is 0 Å². The first kappa shape index (κ1) is 10.5. The van der Waals surface area contributed by atoms with Crippen LogP contribution in [0.2, 0.25) is 0 Å². The lowest BCUT2D eigenvalue weighted by Gasteiger charge is -2.24. The molecule has 2 aromatic rings. The van der Waals surface area contributed by atoms with E-state index in [0.29, 0.717) is 0 Å². The van der Waals surface area contributed by atoms with E-state index in [0.717, 1.165) is 36.5 Å². The van der Waals surface area contributed by atoms with Gasteiger partial charge in [-0.25, -0.2) is 9.50 Å². The molecule has 1 fully saturated rings. The molecule has 1 aliphatic heterocycles. The third kappa shape index (κ3) is 1.67. The third-order valence-electron chi connectivity index (χ3n) is 3.34. The fourth-order valence-corrected chi connectivity index (χ4v) is 2.54. The highest BCUT2D eigenvalue weighted by molar-refractivity contribution is 5.69. The summed E-state index contributed by atoms with van der Waals surface area (Å²) in [6, 6.07) is 4.18. The summed E-state index contributed by atoms with van der Waals surface area (Å²) < 4.78 is 1.85. The lowest BCUT2D eigenvalue weighted by atomic mass is 10.2. The van der Waals surface area contributed by atoms with Crippen molar-refractivity contribution in [2.45, 2.75) is 25.8 Å². The second-order valence-corrected chi connectivity index (χ2v) is 4.49. The summed E-state index contributed by atoms with van der Waals surface area (Å²) >= 11 is 0. The zero-order chi connectivity index (χ0) is 11.8. The average Bonchev–Trinajstić information content (AvgIpc) is 2.95. The molecule has 0 amide bonds. The molecule has 3 heterocycles. The number of aliphatic hydroxyl groups is 1. The molecular formula is C12H16N4O. The van der Waals surface area contributed by atoms with Crippen LogP contribution >= 0.6 is 0 Å². The Morgan fingerprint density at radius 1 is 1.53 bits per heavy atom. The fourth-order valence-electron chi connectivity index (χ4n) is 2.54. The van der Waals surface area contributed by atoms with E-state index in [4.69, 9.17) is 0 Å². The maximum atomic E-state index is 9.40. The molecular weight excluding hydrogens is 216 g/mol. The first-order chi connectivity index (χ1) is 8.29. The Balaban J connectivity index is 2.12. The molecule has 1 saturated heterocycles. The van der Waals surface area contributed by atoms with E-state index in [1.807, 2.05) is 29.8 Å². The number of rotatable bonds is 2. The third-order valence-corrected chi connectivity index (χ3v) is 3.34. The largest absolute Gasteiger partial charge is 0.394 e. The molecule has 2 aromatic heterocycles. The predicted molar refractivity (Wildman–Crippen MR) is 65.2 cm³/mol. The molecule has 0 saturated carbocycles. The number of anilines is 1. The van der Waals surface area contributed by atoms with E-state index < -0.39 is 0 Å². The minimum absolute atomic E-state index is 0.190. The van der Waals surface area contributed by atoms with Crippen molar-refractivity contribution in [2.75, 3.05) is 18.1 Å². The van der Waals surface area contributed by atoms with Crippen LogP contribution in [-0.4, -0.2) is 38.9 Å². The molecule has 0 aromatic carbocycles. The van der Waals surface area contributed by atoms with E-state index in [1.54, 1.807) is 0 Å². The van der Waals surface area contributed by atoms with Crippen LogP contribution in [0.4, 0.5) is 5.82 Å². The highest BCUT2D eigenvalue weighted by Gasteiger charge is 2.26. The van der Waals surface area contributed by atoms with Gasteiger partial charge in [0.05, 0.1) is 12.6 Å². The van der Waals surface area contributed by atoms with Crippen LogP contribution in [0.5, 0.6) is 0 Å². The fraction of sp³-hybridized carbons (Fsp3) is 0.500. The van der Waals surface area contributed by atoms with E-state index in [1.165, 1.54) is 0 Å². The average molecular weight is 232 g/mol. The van der Waals surface area contributed by atoms with E-state index in [2.05, 4.69) is 15.0 Å². The first-order valence-electron chi connectivity index (χ1n) is 5.99. The normalized spacial score (nSPS) is 20.4. The van der Waals surface area contributed by atoms with Crippen molar-refractivity contribution < 1.29 is 5.11 Å². The van der Waals surface area contributed by atoms with Crippen molar-refractivity contribution >= 4 is 11.3 Å². The molecule has 0 aliphatic carbocycles. The summed E-state index contributed by atoms with van der Waals surface area (Å²) in [4.78, 5) is 6.74. The van der Waals surface area contributed by atoms with Crippen LogP contribution in [0, 0.1) is 6.92 Å². The highest BCUT2D eigenvalue weighted by Crippen LogP contribution is 2.27. The lowest BCUT2D eigenvalue weighted by Crippen LogP contribution is -2.33. The monoisotopic (exact) mass is 232 g/mol. The number of aliphatic hydroxyl groups excluding tert-OH is 1. The first-order valence-corrected chi connectivity index (χ1v) is 5.99. The summed E-state index contributed by atoms with van der Waals surface area (Å²) in [6.45, 7) is 3.05. The Hall–Kier alpha value is -1.62. The van der Waals surface area contributed by atoms with Gasteiger partial charge in [0.1, 0.15) is 11.3 Å². The number of hydrogen-bond acceptors (Lipinski definition) is 4. The maximum Gasteiger partial charge on any atom is 0.157 e. The standard InChI is InChI=1S/C12H16N4O/c1-9-13-12(11-5-3-7-16(11)14-9)15-6-2-4-10(15)8-17/h3,5,7,10,17H,2,4,6,8H2,1H3/t10-/m0/s1. The minimum atomic E-state index is 0.190. The van der Waals surface area contributed by atoms with E-state index >= 15 is 0 Å². The zero-order valence-electron chi connectivity index (χ0n) is 9.87. The molecule has 0 bridgehead atoms. The number of nitrogens with zero attached hydrogens (tertiary/aromatic N) is 4. The van der Waals surface area contributed by atoms with Crippen LogP contribution in [0.3, 0.4) is 0 Å². The van der Waals surface area contributed by atoms with Crippen molar-refractivity contribution in [1.82, 2.24) is 14.6 Å². The summed E-state index contributed by atoms with van der Waals surface area (Å²) in [5.41, 5.74) is 1.01. The summed E-state index contributed by atoms with van der Waals surface area (Å²) in [5.74, 6) is 1.70. The molecule has 0 spiro atoms. The highest BCUT2D eigenvalue weighted by atomic mass is 16.3. The molecule has 0 radical (unpaired) electrons. The molecule has 0 unspecified atom stereocenters. The van der Waals surface area contributed by atoms with Gasteiger partial charge < -0.3 is 10.0 Å². The molecule has 1 atom stereocenters. The lowest BCUT2D eigenvalue weighted by molar-refractivity contribution is 0.266. The topological polar surface area (TPSA) is 53.7 Å². The Morgan fingerprint density at radius 3 is 3.24 bits per heavy atom. The predicted octanol–water partition coefficient (Wildman–Crippen LogP) is 0.999. The number of hydrogen-bond donors (Lipinski definition) is 1. The Morgan fingerprint density at radius 2 is 2.41 bits per heavy atom. The second kappa shape index (κ2) is 4.00. The Labute approximate surface area is 99.7 Å². The molecule has 90 valence electrons. The van der Waals surface area contributed by atoms with Gasteiger partial charge in [-0.2, -0.15) is 5.10 Å². The Kier molecular flexibility index (Phi) is 2.48. The molecule has 1 aliphatic rings. The molecule has 1 N–H and O–H groups in total. The van der Waals surface area contributed by atoms with Crippen molar-refractivity contribution in [3.8, 4) is 0 Å². The van der Waals surface area contributed by atoms with E-state index in [-0.39, 0.29) is 12.6 Å². The van der Waals surface area contributed by atoms with Gasteiger partial charge >= 0.3 is 0 Å². The van der Waals surface area contributed by atoms with Gasteiger partial charge in [-0.05, 0) is 31.9 Å². The van der Waals surface area contributed by atoms with Gasteiger partial charge in [-0.1, -0.05) is 0 Å². The quantitative estimate of drug-likeness (QED) is 0.839. The van der Waals surface area contributed by atoms with Gasteiger partial charge in [0.15, 0.2) is 5.82 Å². The smallest absolute Gasteiger partial charge is 0.157 e. The molecule has 17 heavy (non-hydrogen) atoms. The van der Waals surface area contributed by atoms with Crippen LogP contribution in [-0.2, 0) is 0 Å². The van der Waals surface area contributed by atoms with Crippen molar-refractivity contribution in [2.24, 2.45) is 0 Å². The van der Waals surface area contributed by atoms with Gasteiger partial charge in [-0.15, -0.1) is 0 Å². The van der Waals surface area contributed by atoms with Crippen molar-refractivity contribution in [3.05, 3.63) is 24.2 Å². The number of aromatic nitrogens is 3. The van der Waals surface area contributed by atoms with Gasteiger partial charge in [0.2, 0.25) is 0 Å². The van der Waals surface area contributed by atoms with Crippen LogP contribution < -0.4 is 4.90 Å². The van der Waals surface area contributed by atoms with Crippen LogP contribution in [0.1, 0.15) is 18.7 Å². The van der Waals surface area contributed by atoms with Gasteiger partial charge in [0, 0.05) is 12.7 Å². The second-order valence-electron chi connectivity index (χ2n) is 4.49. The number of fused-ring (bicyclic) bond motifs is 1. The zero-order valence-corrected chi connectivity index (χ0v) is 9.87. The molecule has 5 nitrogen and oxygen atoms in total.